The molecule has 0 spiro atoms. The second-order valence-corrected chi connectivity index (χ2v) is 5.36. The monoisotopic (exact) mass is 336 g/mol. The second kappa shape index (κ2) is 5.66. The quantitative estimate of drug-likeness (QED) is 0.766. The minimum absolute atomic E-state index is 0.0748. The Labute approximate surface area is 135 Å². The van der Waals surface area contributed by atoms with Crippen LogP contribution in [0.2, 0.25) is 0 Å². The molecule has 0 bridgehead atoms. The average molecular weight is 336 g/mol. The molecule has 0 saturated heterocycles. The van der Waals surface area contributed by atoms with Crippen molar-refractivity contribution in [3.05, 3.63) is 35.7 Å². The Kier molecular flexibility index (Phi) is 3.78. The molecule has 1 aromatic carbocycles. The van der Waals surface area contributed by atoms with Crippen LogP contribution < -0.4 is 10.6 Å². The Balaban J connectivity index is 1.97. The van der Waals surface area contributed by atoms with Gasteiger partial charge in [0.05, 0.1) is 5.52 Å². The topological polar surface area (TPSA) is 67.7 Å². The highest BCUT2D eigenvalue weighted by molar-refractivity contribution is 5.84. The fourth-order valence-electron chi connectivity index (χ4n) is 2.40. The van der Waals surface area contributed by atoms with E-state index in [9.17, 15) is 13.2 Å². The normalized spacial score (nSPS) is 11.8. The third-order valence-corrected chi connectivity index (χ3v) is 3.54. The minimum atomic E-state index is -4.51. The van der Waals surface area contributed by atoms with Crippen molar-refractivity contribution in [1.82, 2.24) is 19.7 Å². The van der Waals surface area contributed by atoms with Crippen LogP contribution in [0.1, 0.15) is 11.1 Å². The summed E-state index contributed by atoms with van der Waals surface area (Å²) < 4.78 is 40.3. The predicted molar refractivity (Wildman–Crippen MR) is 85.3 cm³/mol. The molecule has 126 valence electrons. The van der Waals surface area contributed by atoms with Crippen molar-refractivity contribution in [2.24, 2.45) is 7.05 Å². The van der Waals surface area contributed by atoms with Crippen molar-refractivity contribution < 1.29 is 13.2 Å². The predicted octanol–water partition coefficient (Wildman–Crippen LogP) is 3.48. The van der Waals surface area contributed by atoms with Crippen molar-refractivity contribution in [2.75, 3.05) is 17.7 Å². The number of benzene rings is 1. The number of nitrogens with one attached hydrogen (secondary N) is 2. The van der Waals surface area contributed by atoms with Gasteiger partial charge < -0.3 is 10.6 Å². The summed E-state index contributed by atoms with van der Waals surface area (Å²) in [5.74, 6) is -0.206. The molecule has 24 heavy (non-hydrogen) atoms. The summed E-state index contributed by atoms with van der Waals surface area (Å²) in [6, 6.07) is 3.75. The van der Waals surface area contributed by atoms with Crippen molar-refractivity contribution in [1.29, 1.82) is 0 Å². The average Bonchev–Trinajstić information content (AvgIpc) is 2.85. The Morgan fingerprint density at radius 3 is 2.62 bits per heavy atom. The van der Waals surface area contributed by atoms with Gasteiger partial charge >= 0.3 is 6.18 Å². The van der Waals surface area contributed by atoms with E-state index >= 15 is 0 Å². The van der Waals surface area contributed by atoms with E-state index in [1.54, 1.807) is 4.68 Å². The zero-order valence-electron chi connectivity index (χ0n) is 13.2. The van der Waals surface area contributed by atoms with Gasteiger partial charge in [0, 0.05) is 37.6 Å². The molecule has 0 radical (unpaired) electrons. The number of hydrogen-bond acceptors (Lipinski definition) is 5. The van der Waals surface area contributed by atoms with E-state index in [0.29, 0.717) is 5.69 Å². The van der Waals surface area contributed by atoms with Crippen molar-refractivity contribution in [3.8, 4) is 0 Å². The van der Waals surface area contributed by atoms with Crippen LogP contribution in [0.15, 0.2) is 24.5 Å². The number of halogens is 3. The minimum Gasteiger partial charge on any atom is -0.372 e. The maximum absolute atomic E-state index is 12.9. The van der Waals surface area contributed by atoms with Gasteiger partial charge in [-0.3, -0.25) is 4.68 Å². The zero-order valence-corrected chi connectivity index (χ0v) is 13.2. The van der Waals surface area contributed by atoms with Gasteiger partial charge in [0.15, 0.2) is 0 Å². The number of hydrogen-bond donors (Lipinski definition) is 2. The maximum Gasteiger partial charge on any atom is 0.421 e. The van der Waals surface area contributed by atoms with E-state index in [-0.39, 0.29) is 11.8 Å². The van der Waals surface area contributed by atoms with E-state index in [1.807, 2.05) is 32.3 Å². The standard InChI is InChI=1S/C15H15F3N6/c1-8-4-9-7-24(3)23-12(9)5-11(8)21-14-20-6-10(15(16,17)18)13(19-2)22-14/h4-7H,1-3H3,(H2,19,20,21,22). The summed E-state index contributed by atoms with van der Waals surface area (Å²) in [5.41, 5.74) is 1.45. The van der Waals surface area contributed by atoms with Gasteiger partial charge in [-0.2, -0.15) is 23.3 Å². The van der Waals surface area contributed by atoms with Crippen LogP contribution in [-0.2, 0) is 13.2 Å². The molecule has 6 nitrogen and oxygen atoms in total. The summed E-state index contributed by atoms with van der Waals surface area (Å²) in [4.78, 5) is 7.67. The molecule has 2 aromatic heterocycles. The lowest BCUT2D eigenvalue weighted by Gasteiger charge is -2.13. The zero-order chi connectivity index (χ0) is 17.5. The molecule has 0 amide bonds. The first kappa shape index (κ1) is 16.0. The maximum atomic E-state index is 12.9. The molecular formula is C15H15F3N6. The van der Waals surface area contributed by atoms with Gasteiger partial charge in [-0.25, -0.2) is 4.98 Å². The van der Waals surface area contributed by atoms with E-state index in [2.05, 4.69) is 25.7 Å². The molecule has 0 atom stereocenters. The SMILES string of the molecule is CNc1nc(Nc2cc3nn(C)cc3cc2C)ncc1C(F)(F)F. The van der Waals surface area contributed by atoms with Gasteiger partial charge in [0.2, 0.25) is 5.95 Å². The van der Waals surface area contributed by atoms with E-state index in [4.69, 9.17) is 0 Å². The van der Waals surface area contributed by atoms with Gasteiger partial charge in [0.25, 0.3) is 0 Å². The van der Waals surface area contributed by atoms with Crippen LogP contribution in [0, 0.1) is 6.92 Å². The number of anilines is 3. The summed E-state index contributed by atoms with van der Waals surface area (Å²) in [5, 5.41) is 10.7. The Hall–Kier alpha value is -2.84. The van der Waals surface area contributed by atoms with Crippen LogP contribution in [0.25, 0.3) is 10.9 Å². The number of aryl methyl sites for hydroxylation is 2. The van der Waals surface area contributed by atoms with Gasteiger partial charge in [-0.05, 0) is 24.6 Å². The van der Waals surface area contributed by atoms with Gasteiger partial charge in [-0.1, -0.05) is 0 Å². The summed E-state index contributed by atoms with van der Waals surface area (Å²) in [6.45, 7) is 1.89. The number of rotatable bonds is 3. The fraction of sp³-hybridized carbons (Fsp3) is 0.267. The molecular weight excluding hydrogens is 321 g/mol. The van der Waals surface area contributed by atoms with E-state index in [1.165, 1.54) is 7.05 Å². The molecule has 0 aliphatic rings. The highest BCUT2D eigenvalue weighted by atomic mass is 19.4. The Bertz CT molecular complexity index is 900. The summed E-state index contributed by atoms with van der Waals surface area (Å²) in [7, 11) is 3.20. The van der Waals surface area contributed by atoms with Crippen LogP contribution in [-0.4, -0.2) is 26.8 Å². The van der Waals surface area contributed by atoms with Crippen molar-refractivity contribution >= 4 is 28.4 Å². The molecule has 0 aliphatic carbocycles. The third-order valence-electron chi connectivity index (χ3n) is 3.54. The van der Waals surface area contributed by atoms with Gasteiger partial charge in [-0.15, -0.1) is 0 Å². The highest BCUT2D eigenvalue weighted by Crippen LogP contribution is 2.34. The lowest BCUT2D eigenvalue weighted by atomic mass is 10.1. The lowest BCUT2D eigenvalue weighted by molar-refractivity contribution is -0.137. The number of aromatic nitrogens is 4. The van der Waals surface area contributed by atoms with Crippen LogP contribution in [0.3, 0.4) is 0 Å². The first-order valence-corrected chi connectivity index (χ1v) is 7.11. The fourth-order valence-corrected chi connectivity index (χ4v) is 2.40. The first-order chi connectivity index (χ1) is 11.3. The molecule has 3 rings (SSSR count). The van der Waals surface area contributed by atoms with Crippen LogP contribution in [0.5, 0.6) is 0 Å². The number of fused-ring (bicyclic) bond motifs is 1. The molecule has 3 aromatic rings. The van der Waals surface area contributed by atoms with Crippen LogP contribution in [0.4, 0.5) is 30.6 Å². The van der Waals surface area contributed by atoms with Crippen molar-refractivity contribution in [2.45, 2.75) is 13.1 Å². The molecule has 2 heterocycles. The first-order valence-electron chi connectivity index (χ1n) is 7.11. The second-order valence-electron chi connectivity index (χ2n) is 5.36. The third kappa shape index (κ3) is 2.97. The smallest absolute Gasteiger partial charge is 0.372 e. The largest absolute Gasteiger partial charge is 0.421 e. The molecule has 0 fully saturated rings. The summed E-state index contributed by atoms with van der Waals surface area (Å²) in [6.07, 6.45) is -1.87. The van der Waals surface area contributed by atoms with Crippen LogP contribution >= 0.6 is 0 Å². The molecule has 0 saturated carbocycles. The number of nitrogens with zero attached hydrogens (tertiary/aromatic N) is 4. The lowest BCUT2D eigenvalue weighted by Crippen LogP contribution is -2.12. The Morgan fingerprint density at radius 1 is 1.21 bits per heavy atom. The molecule has 9 heteroatoms. The van der Waals surface area contributed by atoms with Gasteiger partial charge in [0.1, 0.15) is 11.4 Å². The molecule has 0 unspecified atom stereocenters. The molecule has 2 N–H and O–H groups in total. The highest BCUT2D eigenvalue weighted by Gasteiger charge is 2.35. The van der Waals surface area contributed by atoms with E-state index < -0.39 is 11.7 Å². The Morgan fingerprint density at radius 2 is 1.96 bits per heavy atom. The van der Waals surface area contributed by atoms with E-state index in [0.717, 1.165) is 22.7 Å². The van der Waals surface area contributed by atoms with Crippen molar-refractivity contribution in [3.63, 3.8) is 0 Å². The number of alkyl halides is 3. The summed E-state index contributed by atoms with van der Waals surface area (Å²) >= 11 is 0. The molecule has 0 aliphatic heterocycles.